The normalized spacial score (nSPS) is 9.54. The number of aryl methyl sites for hydroxylation is 1. The molecule has 0 saturated carbocycles. The van der Waals surface area contributed by atoms with Crippen LogP contribution < -0.4 is 5.32 Å². The highest BCUT2D eigenvalue weighted by molar-refractivity contribution is 5.47. The monoisotopic (exact) mass is 178 g/mol. The van der Waals surface area contributed by atoms with Crippen molar-refractivity contribution in [2.45, 2.75) is 12.8 Å². The predicted octanol–water partition coefficient (Wildman–Crippen LogP) is 1.23. The van der Waals surface area contributed by atoms with Crippen LogP contribution in [0.25, 0.3) is 0 Å². The second-order valence-electron chi connectivity index (χ2n) is 2.66. The molecule has 0 bridgehead atoms. The molecular formula is C10H12NO2. The molecule has 2 N–H and O–H groups in total. The molecular weight excluding hydrogens is 166 g/mol. The van der Waals surface area contributed by atoms with Gasteiger partial charge in [-0.25, -0.2) is 0 Å². The molecule has 1 radical (unpaired) electrons. The average Bonchev–Trinajstić information content (AvgIpc) is 2.15. The van der Waals surface area contributed by atoms with Crippen LogP contribution in [0.2, 0.25) is 0 Å². The Kier molecular flexibility index (Phi) is 3.82. The number of carbonyl (C=O) groups excluding carboxylic acids is 1. The number of amides is 1. The summed E-state index contributed by atoms with van der Waals surface area (Å²) in [5.41, 5.74) is 0.895. The van der Waals surface area contributed by atoms with Crippen LogP contribution in [0.15, 0.2) is 24.3 Å². The third kappa shape index (κ3) is 3.15. The highest BCUT2D eigenvalue weighted by Gasteiger charge is 1.98. The lowest BCUT2D eigenvalue weighted by atomic mass is 10.1. The summed E-state index contributed by atoms with van der Waals surface area (Å²) in [6.45, 7) is 1.67. The van der Waals surface area contributed by atoms with Crippen molar-refractivity contribution in [1.82, 2.24) is 5.32 Å². The van der Waals surface area contributed by atoms with E-state index < -0.39 is 0 Å². The second-order valence-corrected chi connectivity index (χ2v) is 2.66. The largest absolute Gasteiger partial charge is 0.508 e. The summed E-state index contributed by atoms with van der Waals surface area (Å²) in [6.07, 6.45) is 2.08. The first-order valence-corrected chi connectivity index (χ1v) is 4.13. The Morgan fingerprint density at radius 1 is 1.38 bits per heavy atom. The summed E-state index contributed by atoms with van der Waals surface area (Å²) < 4.78 is 0. The molecule has 0 saturated heterocycles. The molecule has 1 aromatic carbocycles. The van der Waals surface area contributed by atoms with Crippen molar-refractivity contribution in [3.63, 3.8) is 0 Å². The molecule has 0 fully saturated rings. The molecule has 13 heavy (non-hydrogen) atoms. The molecule has 1 aromatic rings. The van der Waals surface area contributed by atoms with Crippen LogP contribution in [0.1, 0.15) is 12.0 Å². The number of rotatable bonds is 5. The zero-order valence-electron chi connectivity index (χ0n) is 7.23. The molecule has 0 aliphatic rings. The Morgan fingerprint density at radius 3 is 2.85 bits per heavy atom. The summed E-state index contributed by atoms with van der Waals surface area (Å²) in [4.78, 5) is 9.89. The highest BCUT2D eigenvalue weighted by Crippen LogP contribution is 2.17. The van der Waals surface area contributed by atoms with Gasteiger partial charge < -0.3 is 10.4 Å². The van der Waals surface area contributed by atoms with Crippen molar-refractivity contribution < 1.29 is 9.90 Å². The fourth-order valence-electron chi connectivity index (χ4n) is 1.08. The number of benzene rings is 1. The van der Waals surface area contributed by atoms with E-state index in [-0.39, 0.29) is 0 Å². The Hall–Kier alpha value is -1.51. The van der Waals surface area contributed by atoms with E-state index in [9.17, 15) is 9.90 Å². The van der Waals surface area contributed by atoms with Crippen LogP contribution in [-0.2, 0) is 11.2 Å². The number of hydrogen-bond acceptors (Lipinski definition) is 2. The number of para-hydroxylation sites is 1. The van der Waals surface area contributed by atoms with Crippen molar-refractivity contribution in [2.24, 2.45) is 0 Å². The molecule has 3 heteroatoms. The van der Waals surface area contributed by atoms with Crippen molar-refractivity contribution in [1.29, 1.82) is 0 Å². The van der Waals surface area contributed by atoms with Crippen LogP contribution >= 0.6 is 0 Å². The molecule has 0 heterocycles. The van der Waals surface area contributed by atoms with Gasteiger partial charge in [-0.3, -0.25) is 4.79 Å². The van der Waals surface area contributed by atoms with E-state index in [2.05, 4.69) is 5.32 Å². The maximum Gasteiger partial charge on any atom is 0.207 e. The van der Waals surface area contributed by atoms with Crippen LogP contribution in [0.3, 0.4) is 0 Å². The van der Waals surface area contributed by atoms with Gasteiger partial charge in [0.25, 0.3) is 0 Å². The maximum absolute atomic E-state index is 9.89. The number of aromatic hydroxyl groups is 1. The summed E-state index contributed by atoms with van der Waals surface area (Å²) in [6, 6.07) is 7.18. The molecule has 69 valence electrons. The maximum atomic E-state index is 9.89. The lowest BCUT2D eigenvalue weighted by Crippen LogP contribution is -2.06. The minimum Gasteiger partial charge on any atom is -0.508 e. The number of hydrogen-bond donors (Lipinski definition) is 2. The van der Waals surface area contributed by atoms with Gasteiger partial charge in [-0.05, 0) is 24.5 Å². The van der Waals surface area contributed by atoms with Gasteiger partial charge >= 0.3 is 0 Å². The predicted molar refractivity (Wildman–Crippen MR) is 49.9 cm³/mol. The van der Waals surface area contributed by atoms with E-state index in [0.717, 1.165) is 18.4 Å². The Morgan fingerprint density at radius 2 is 2.15 bits per heavy atom. The molecule has 0 atom stereocenters. The first-order chi connectivity index (χ1) is 6.34. The summed E-state index contributed by atoms with van der Waals surface area (Å²) in [7, 11) is 0. The standard InChI is InChI=1S/C10H12NO2/c12-8-11-7-3-5-9-4-1-2-6-10(9)13/h1-2,4,6-8,13H,3,5H2,(H,11,12). The first kappa shape index (κ1) is 9.58. The smallest absolute Gasteiger partial charge is 0.207 e. The average molecular weight is 178 g/mol. The van der Waals surface area contributed by atoms with E-state index in [1.54, 1.807) is 18.7 Å². The van der Waals surface area contributed by atoms with Crippen LogP contribution in [0.5, 0.6) is 5.75 Å². The van der Waals surface area contributed by atoms with E-state index in [1.165, 1.54) is 0 Å². The minimum absolute atomic E-state index is 0.307. The van der Waals surface area contributed by atoms with Crippen LogP contribution in [0.4, 0.5) is 0 Å². The molecule has 1 amide bonds. The Balaban J connectivity index is 2.36. The molecule has 0 aliphatic heterocycles. The van der Waals surface area contributed by atoms with Gasteiger partial charge in [0.15, 0.2) is 0 Å². The fraction of sp³-hybridized carbons (Fsp3) is 0.200. The molecule has 0 aromatic heterocycles. The van der Waals surface area contributed by atoms with E-state index in [0.29, 0.717) is 12.2 Å². The second kappa shape index (κ2) is 5.19. The molecule has 0 aliphatic carbocycles. The Labute approximate surface area is 77.4 Å². The summed E-state index contributed by atoms with van der Waals surface area (Å²) in [5, 5.41) is 11.8. The minimum atomic E-state index is 0.307. The lowest BCUT2D eigenvalue weighted by Gasteiger charge is -2.02. The molecule has 3 nitrogen and oxygen atoms in total. The van der Waals surface area contributed by atoms with Gasteiger partial charge in [0.05, 0.1) is 0 Å². The third-order valence-electron chi connectivity index (χ3n) is 1.74. The first-order valence-electron chi connectivity index (χ1n) is 4.13. The fourth-order valence-corrected chi connectivity index (χ4v) is 1.08. The third-order valence-corrected chi connectivity index (χ3v) is 1.74. The van der Waals surface area contributed by atoms with Gasteiger partial charge in [-0.15, -0.1) is 0 Å². The Bertz CT molecular complexity index is 273. The van der Waals surface area contributed by atoms with E-state index >= 15 is 0 Å². The highest BCUT2D eigenvalue weighted by atomic mass is 16.3. The topological polar surface area (TPSA) is 49.3 Å². The zero-order valence-corrected chi connectivity index (χ0v) is 7.23. The van der Waals surface area contributed by atoms with Gasteiger partial charge in [-0.1, -0.05) is 18.2 Å². The molecule has 1 rings (SSSR count). The van der Waals surface area contributed by atoms with Crippen LogP contribution in [-0.4, -0.2) is 11.5 Å². The van der Waals surface area contributed by atoms with E-state index in [1.807, 2.05) is 12.1 Å². The number of phenols is 1. The van der Waals surface area contributed by atoms with Crippen LogP contribution in [0, 0.1) is 6.54 Å². The molecule has 0 spiro atoms. The molecule has 0 unspecified atom stereocenters. The van der Waals surface area contributed by atoms with E-state index in [4.69, 9.17) is 0 Å². The zero-order chi connectivity index (χ0) is 9.52. The van der Waals surface area contributed by atoms with Gasteiger partial charge in [0.1, 0.15) is 5.75 Å². The summed E-state index contributed by atoms with van der Waals surface area (Å²) >= 11 is 0. The number of carbonyl (C=O) groups is 1. The number of phenolic OH excluding ortho intramolecular Hbond substituents is 1. The van der Waals surface area contributed by atoms with Crippen molar-refractivity contribution in [3.05, 3.63) is 36.4 Å². The summed E-state index contributed by atoms with van der Waals surface area (Å²) in [5.74, 6) is 0.307. The van der Waals surface area contributed by atoms with Gasteiger partial charge in [0, 0.05) is 6.54 Å². The van der Waals surface area contributed by atoms with Crippen molar-refractivity contribution in [2.75, 3.05) is 0 Å². The quantitative estimate of drug-likeness (QED) is 0.526. The SMILES string of the molecule is O=CN[CH]CCc1ccccc1O. The van der Waals surface area contributed by atoms with Crippen molar-refractivity contribution in [3.8, 4) is 5.75 Å². The number of nitrogens with one attached hydrogen (secondary N) is 1. The lowest BCUT2D eigenvalue weighted by molar-refractivity contribution is -0.109. The van der Waals surface area contributed by atoms with Gasteiger partial charge in [-0.2, -0.15) is 0 Å². The van der Waals surface area contributed by atoms with Crippen molar-refractivity contribution >= 4 is 6.41 Å². The van der Waals surface area contributed by atoms with Gasteiger partial charge in [0.2, 0.25) is 6.41 Å².